The van der Waals surface area contributed by atoms with Gasteiger partial charge in [0, 0.05) is 52.8 Å². The minimum atomic E-state index is -0.192. The van der Waals surface area contributed by atoms with Gasteiger partial charge in [0.2, 0.25) is 0 Å². The van der Waals surface area contributed by atoms with Crippen molar-refractivity contribution in [1.82, 2.24) is 9.88 Å². The third kappa shape index (κ3) is 2.70. The smallest absolute Gasteiger partial charge is 0.257 e. The Hall–Kier alpha value is -2.66. The van der Waals surface area contributed by atoms with Crippen molar-refractivity contribution in [2.45, 2.75) is 13.0 Å². The van der Waals surface area contributed by atoms with Crippen LogP contribution in [0.3, 0.4) is 0 Å². The van der Waals surface area contributed by atoms with Crippen LogP contribution in [-0.2, 0) is 13.0 Å². The lowest BCUT2D eigenvalue weighted by Crippen LogP contribution is -2.35. The molecule has 0 unspecified atom stereocenters. The minimum Gasteiger partial charge on any atom is -0.507 e. The van der Waals surface area contributed by atoms with Crippen LogP contribution in [0.5, 0.6) is 11.5 Å². The van der Waals surface area contributed by atoms with Crippen LogP contribution < -0.4 is 4.74 Å². The average Bonchev–Trinajstić information content (AvgIpc) is 2.98. The van der Waals surface area contributed by atoms with Crippen LogP contribution in [0.4, 0.5) is 0 Å². The van der Waals surface area contributed by atoms with Crippen molar-refractivity contribution < 1.29 is 14.6 Å². The summed E-state index contributed by atoms with van der Waals surface area (Å²) in [5.74, 6) is 0.251. The number of amides is 1. The maximum atomic E-state index is 12.8. The molecule has 1 amide bonds. The molecule has 4 rings (SSSR count). The van der Waals surface area contributed by atoms with Crippen LogP contribution >= 0.6 is 11.6 Å². The summed E-state index contributed by atoms with van der Waals surface area (Å²) in [6, 6.07) is 10.5. The Bertz CT molecular complexity index is 980. The Labute approximate surface area is 149 Å². The van der Waals surface area contributed by atoms with Gasteiger partial charge in [-0.05, 0) is 30.3 Å². The molecule has 0 saturated heterocycles. The van der Waals surface area contributed by atoms with Crippen molar-refractivity contribution in [1.29, 1.82) is 0 Å². The zero-order valence-corrected chi connectivity index (χ0v) is 14.4. The lowest BCUT2D eigenvalue weighted by atomic mass is 10.0. The van der Waals surface area contributed by atoms with E-state index in [1.54, 1.807) is 17.0 Å². The number of aromatic nitrogens is 1. The van der Waals surface area contributed by atoms with Crippen molar-refractivity contribution in [3.8, 4) is 11.5 Å². The molecule has 3 aromatic rings. The number of aromatic amines is 1. The van der Waals surface area contributed by atoms with E-state index in [9.17, 15) is 9.90 Å². The first kappa shape index (κ1) is 15.8. The van der Waals surface area contributed by atoms with Gasteiger partial charge in [0.05, 0.1) is 12.7 Å². The molecule has 0 atom stereocenters. The number of halogens is 1. The topological polar surface area (TPSA) is 65.6 Å². The first-order chi connectivity index (χ1) is 12.1. The van der Waals surface area contributed by atoms with Crippen LogP contribution in [-0.4, -0.2) is 34.6 Å². The van der Waals surface area contributed by atoms with Gasteiger partial charge in [0.15, 0.2) is 0 Å². The van der Waals surface area contributed by atoms with E-state index in [0.29, 0.717) is 23.9 Å². The number of hydrogen-bond donors (Lipinski definition) is 2. The van der Waals surface area contributed by atoms with Crippen LogP contribution in [0, 0.1) is 0 Å². The molecule has 128 valence electrons. The van der Waals surface area contributed by atoms with Crippen molar-refractivity contribution in [3.05, 3.63) is 58.2 Å². The maximum absolute atomic E-state index is 12.8. The molecule has 0 bridgehead atoms. The van der Waals surface area contributed by atoms with Gasteiger partial charge in [-0.3, -0.25) is 4.79 Å². The van der Waals surface area contributed by atoms with E-state index in [4.69, 9.17) is 16.3 Å². The molecule has 2 heterocycles. The number of nitrogens with one attached hydrogen (secondary N) is 1. The quantitative estimate of drug-likeness (QED) is 0.735. The summed E-state index contributed by atoms with van der Waals surface area (Å²) >= 11 is 6.12. The number of hydrogen-bond acceptors (Lipinski definition) is 3. The van der Waals surface area contributed by atoms with E-state index in [1.807, 2.05) is 18.2 Å². The third-order valence-corrected chi connectivity index (χ3v) is 4.89. The van der Waals surface area contributed by atoms with Gasteiger partial charge < -0.3 is 19.7 Å². The lowest BCUT2D eigenvalue weighted by Gasteiger charge is -2.27. The van der Waals surface area contributed by atoms with Crippen molar-refractivity contribution in [2.24, 2.45) is 0 Å². The molecule has 0 spiro atoms. The Morgan fingerprint density at radius 2 is 2.12 bits per heavy atom. The van der Waals surface area contributed by atoms with Crippen LogP contribution in [0.2, 0.25) is 5.02 Å². The average molecular weight is 357 g/mol. The number of nitrogens with zero attached hydrogens (tertiary/aromatic N) is 1. The van der Waals surface area contributed by atoms with Gasteiger partial charge in [-0.25, -0.2) is 0 Å². The van der Waals surface area contributed by atoms with Gasteiger partial charge in [-0.2, -0.15) is 0 Å². The summed E-state index contributed by atoms with van der Waals surface area (Å²) in [6.45, 7) is 1.08. The molecule has 25 heavy (non-hydrogen) atoms. The number of phenolic OH excluding ortho intramolecular Hbond substituents is 1. The SMILES string of the molecule is COc1ccc(C(=O)N2CCc3[nH]c4ccc(Cl)cc4c3C2)c(O)c1. The molecule has 0 saturated carbocycles. The fourth-order valence-electron chi connectivity index (χ4n) is 3.35. The number of methoxy groups -OCH3 is 1. The molecule has 1 aliphatic rings. The molecule has 2 N–H and O–H groups in total. The summed E-state index contributed by atoms with van der Waals surface area (Å²) in [4.78, 5) is 18.0. The number of fused-ring (bicyclic) bond motifs is 3. The predicted octanol–water partition coefficient (Wildman–Crippen LogP) is 3.73. The highest BCUT2D eigenvalue weighted by atomic mass is 35.5. The van der Waals surface area contributed by atoms with E-state index in [-0.39, 0.29) is 17.2 Å². The number of aromatic hydroxyl groups is 1. The normalized spacial score (nSPS) is 13.8. The summed E-state index contributed by atoms with van der Waals surface area (Å²) in [6.07, 6.45) is 0.740. The van der Waals surface area contributed by atoms with Crippen LogP contribution in [0.15, 0.2) is 36.4 Å². The predicted molar refractivity (Wildman–Crippen MR) is 96.4 cm³/mol. The van der Waals surface area contributed by atoms with Gasteiger partial charge >= 0.3 is 0 Å². The second-order valence-electron chi connectivity index (χ2n) is 6.13. The number of carbonyl (C=O) groups excluding carboxylic acids is 1. The zero-order valence-electron chi connectivity index (χ0n) is 13.7. The Balaban J connectivity index is 1.67. The van der Waals surface area contributed by atoms with Gasteiger partial charge in [0.1, 0.15) is 11.5 Å². The molecule has 1 aromatic heterocycles. The van der Waals surface area contributed by atoms with Crippen LogP contribution in [0.1, 0.15) is 21.6 Å². The summed E-state index contributed by atoms with van der Waals surface area (Å²) < 4.78 is 5.07. The molecule has 6 heteroatoms. The highest BCUT2D eigenvalue weighted by Gasteiger charge is 2.26. The van der Waals surface area contributed by atoms with Crippen molar-refractivity contribution in [2.75, 3.05) is 13.7 Å². The monoisotopic (exact) mass is 356 g/mol. The van der Waals surface area contributed by atoms with Gasteiger partial charge in [-0.15, -0.1) is 0 Å². The van der Waals surface area contributed by atoms with Gasteiger partial charge in [0.25, 0.3) is 5.91 Å². The Morgan fingerprint density at radius 1 is 1.28 bits per heavy atom. The number of rotatable bonds is 2. The Morgan fingerprint density at radius 3 is 2.88 bits per heavy atom. The molecular weight excluding hydrogens is 340 g/mol. The second-order valence-corrected chi connectivity index (χ2v) is 6.57. The fraction of sp³-hybridized carbons (Fsp3) is 0.211. The van der Waals surface area contributed by atoms with Gasteiger partial charge in [-0.1, -0.05) is 11.6 Å². The molecular formula is C19H17ClN2O3. The number of benzene rings is 2. The molecule has 5 nitrogen and oxygen atoms in total. The van der Waals surface area contributed by atoms with E-state index in [2.05, 4.69) is 4.98 Å². The van der Waals surface area contributed by atoms with Crippen molar-refractivity contribution in [3.63, 3.8) is 0 Å². The maximum Gasteiger partial charge on any atom is 0.257 e. The van der Waals surface area contributed by atoms with E-state index in [0.717, 1.165) is 28.6 Å². The number of H-pyrrole nitrogens is 1. The van der Waals surface area contributed by atoms with Crippen LogP contribution in [0.25, 0.3) is 10.9 Å². The fourth-order valence-corrected chi connectivity index (χ4v) is 3.52. The summed E-state index contributed by atoms with van der Waals surface area (Å²) in [5.41, 5.74) is 3.53. The first-order valence-corrected chi connectivity index (χ1v) is 8.40. The molecule has 0 aliphatic carbocycles. The molecule has 0 radical (unpaired) electrons. The zero-order chi connectivity index (χ0) is 17.6. The van der Waals surface area contributed by atoms with E-state index in [1.165, 1.54) is 13.2 Å². The highest BCUT2D eigenvalue weighted by molar-refractivity contribution is 6.31. The minimum absolute atomic E-state index is 0.0721. The standard InChI is InChI=1S/C19H17ClN2O3/c1-25-12-3-4-13(18(23)9-12)19(24)22-7-6-17-15(10-22)14-8-11(20)2-5-16(14)21-17/h2-5,8-9,21,23H,6-7,10H2,1H3. The van der Waals surface area contributed by atoms with E-state index < -0.39 is 0 Å². The lowest BCUT2D eigenvalue weighted by molar-refractivity contribution is 0.0732. The van der Waals surface area contributed by atoms with Crippen molar-refractivity contribution >= 4 is 28.4 Å². The Kier molecular flexibility index (Phi) is 3.81. The second kappa shape index (κ2) is 6.01. The largest absolute Gasteiger partial charge is 0.507 e. The third-order valence-electron chi connectivity index (χ3n) is 4.66. The molecule has 1 aliphatic heterocycles. The summed E-state index contributed by atoms with van der Waals surface area (Å²) in [7, 11) is 1.52. The number of phenols is 1. The summed E-state index contributed by atoms with van der Waals surface area (Å²) in [5, 5.41) is 11.8. The number of ether oxygens (including phenoxy) is 1. The first-order valence-electron chi connectivity index (χ1n) is 8.02. The molecule has 2 aromatic carbocycles. The molecule has 0 fully saturated rings. The van der Waals surface area contributed by atoms with E-state index >= 15 is 0 Å². The number of carbonyl (C=O) groups is 1. The highest BCUT2D eigenvalue weighted by Crippen LogP contribution is 2.31.